The predicted octanol–water partition coefficient (Wildman–Crippen LogP) is 3.88. The molecule has 0 amide bonds. The topological polar surface area (TPSA) is 35.2 Å². The van der Waals surface area contributed by atoms with E-state index in [1.165, 1.54) is 16.7 Å². The molecule has 0 aliphatic carbocycles. The van der Waals surface area contributed by atoms with E-state index in [4.69, 9.17) is 10.5 Å². The maximum Gasteiger partial charge on any atom is 0.133 e. The zero-order valence-electron chi connectivity index (χ0n) is 11.9. The standard InChI is InChI=1S/C17H20BrNO/c1-12-4-3-5-13(8-12)9-15(19)10-14-6-7-17(20-2)16(18)11-14/h3-8,11,15H,9-10,19H2,1-2H3. The minimum absolute atomic E-state index is 0.122. The molecule has 0 fully saturated rings. The first-order chi connectivity index (χ1) is 9.58. The molecule has 106 valence electrons. The summed E-state index contributed by atoms with van der Waals surface area (Å²) < 4.78 is 6.21. The Morgan fingerprint density at radius 3 is 2.40 bits per heavy atom. The van der Waals surface area contributed by atoms with Crippen molar-refractivity contribution in [3.8, 4) is 5.75 Å². The van der Waals surface area contributed by atoms with Crippen LogP contribution in [0.5, 0.6) is 5.75 Å². The highest BCUT2D eigenvalue weighted by Gasteiger charge is 2.08. The molecular formula is C17H20BrNO. The fourth-order valence-corrected chi connectivity index (χ4v) is 2.94. The Balaban J connectivity index is 2.01. The second kappa shape index (κ2) is 6.91. The largest absolute Gasteiger partial charge is 0.496 e. The normalized spacial score (nSPS) is 12.2. The maximum absolute atomic E-state index is 6.26. The molecule has 2 nitrogen and oxygen atoms in total. The monoisotopic (exact) mass is 333 g/mol. The van der Waals surface area contributed by atoms with E-state index < -0.39 is 0 Å². The average Bonchev–Trinajstić information content (AvgIpc) is 2.38. The van der Waals surface area contributed by atoms with Gasteiger partial charge in [-0.15, -0.1) is 0 Å². The summed E-state index contributed by atoms with van der Waals surface area (Å²) in [6.45, 7) is 2.11. The Kier molecular flexibility index (Phi) is 5.21. The second-order valence-electron chi connectivity index (χ2n) is 5.13. The summed E-state index contributed by atoms with van der Waals surface area (Å²) in [6.07, 6.45) is 1.75. The van der Waals surface area contributed by atoms with Crippen LogP contribution >= 0.6 is 15.9 Å². The van der Waals surface area contributed by atoms with Crippen molar-refractivity contribution in [1.29, 1.82) is 0 Å². The van der Waals surface area contributed by atoms with Gasteiger partial charge < -0.3 is 10.5 Å². The Morgan fingerprint density at radius 1 is 1.10 bits per heavy atom. The molecular weight excluding hydrogens is 314 g/mol. The number of nitrogens with two attached hydrogens (primary N) is 1. The van der Waals surface area contributed by atoms with E-state index in [1.807, 2.05) is 6.07 Å². The van der Waals surface area contributed by atoms with E-state index in [2.05, 4.69) is 59.3 Å². The third-order valence-corrected chi connectivity index (χ3v) is 3.91. The lowest BCUT2D eigenvalue weighted by atomic mass is 9.99. The van der Waals surface area contributed by atoms with Gasteiger partial charge in [0.1, 0.15) is 5.75 Å². The summed E-state index contributed by atoms with van der Waals surface area (Å²) in [7, 11) is 1.67. The molecule has 2 rings (SSSR count). The highest BCUT2D eigenvalue weighted by molar-refractivity contribution is 9.10. The first-order valence-corrected chi connectivity index (χ1v) is 7.51. The van der Waals surface area contributed by atoms with Crippen molar-refractivity contribution in [3.63, 3.8) is 0 Å². The van der Waals surface area contributed by atoms with Gasteiger partial charge in [-0.25, -0.2) is 0 Å². The molecule has 0 radical (unpaired) electrons. The van der Waals surface area contributed by atoms with Crippen molar-refractivity contribution in [2.24, 2.45) is 5.73 Å². The van der Waals surface area contributed by atoms with Crippen molar-refractivity contribution in [2.45, 2.75) is 25.8 Å². The fraction of sp³-hybridized carbons (Fsp3) is 0.294. The lowest BCUT2D eigenvalue weighted by Gasteiger charge is -2.13. The van der Waals surface area contributed by atoms with Crippen LogP contribution in [0.15, 0.2) is 46.9 Å². The second-order valence-corrected chi connectivity index (χ2v) is 5.98. The molecule has 20 heavy (non-hydrogen) atoms. The van der Waals surface area contributed by atoms with Crippen LogP contribution in [0.2, 0.25) is 0 Å². The molecule has 0 aromatic heterocycles. The summed E-state index contributed by atoms with van der Waals surface area (Å²) in [5.74, 6) is 0.848. The zero-order valence-corrected chi connectivity index (χ0v) is 13.5. The molecule has 0 aliphatic rings. The molecule has 0 bridgehead atoms. The summed E-state index contributed by atoms with van der Waals surface area (Å²) >= 11 is 3.51. The van der Waals surface area contributed by atoms with Gasteiger partial charge in [0.15, 0.2) is 0 Å². The molecule has 1 atom stereocenters. The van der Waals surface area contributed by atoms with Crippen LogP contribution in [0.25, 0.3) is 0 Å². The van der Waals surface area contributed by atoms with Crippen LogP contribution in [0.1, 0.15) is 16.7 Å². The number of hydrogen-bond acceptors (Lipinski definition) is 2. The van der Waals surface area contributed by atoms with Crippen LogP contribution < -0.4 is 10.5 Å². The molecule has 0 saturated heterocycles. The van der Waals surface area contributed by atoms with Gasteiger partial charge in [0, 0.05) is 6.04 Å². The summed E-state index contributed by atoms with van der Waals surface area (Å²) in [6, 6.07) is 14.8. The molecule has 2 N–H and O–H groups in total. The fourth-order valence-electron chi connectivity index (χ4n) is 2.35. The highest BCUT2D eigenvalue weighted by Crippen LogP contribution is 2.26. The van der Waals surface area contributed by atoms with Crippen molar-refractivity contribution < 1.29 is 4.74 Å². The van der Waals surface area contributed by atoms with E-state index in [1.54, 1.807) is 7.11 Å². The Bertz CT molecular complexity index is 583. The average molecular weight is 334 g/mol. The SMILES string of the molecule is COc1ccc(CC(N)Cc2cccc(C)c2)cc1Br. The van der Waals surface area contributed by atoms with Crippen molar-refractivity contribution in [3.05, 3.63) is 63.6 Å². The van der Waals surface area contributed by atoms with Crippen LogP contribution in [0, 0.1) is 6.92 Å². The van der Waals surface area contributed by atoms with Gasteiger partial charge in [0.2, 0.25) is 0 Å². The number of hydrogen-bond donors (Lipinski definition) is 1. The van der Waals surface area contributed by atoms with Crippen molar-refractivity contribution in [2.75, 3.05) is 7.11 Å². The Morgan fingerprint density at radius 2 is 1.80 bits per heavy atom. The first kappa shape index (κ1) is 15.1. The van der Waals surface area contributed by atoms with Crippen LogP contribution in [-0.2, 0) is 12.8 Å². The summed E-state index contributed by atoms with van der Waals surface area (Å²) in [5.41, 5.74) is 10.1. The molecule has 2 aromatic carbocycles. The summed E-state index contributed by atoms with van der Waals surface area (Å²) in [5, 5.41) is 0. The lowest BCUT2D eigenvalue weighted by Crippen LogP contribution is -2.25. The van der Waals surface area contributed by atoms with Crippen LogP contribution in [0.3, 0.4) is 0 Å². The van der Waals surface area contributed by atoms with Gasteiger partial charge in [-0.2, -0.15) is 0 Å². The van der Waals surface area contributed by atoms with E-state index in [0.29, 0.717) is 0 Å². The number of ether oxygens (including phenoxy) is 1. The van der Waals surface area contributed by atoms with Gasteiger partial charge >= 0.3 is 0 Å². The molecule has 1 unspecified atom stereocenters. The number of halogens is 1. The van der Waals surface area contributed by atoms with Gasteiger partial charge in [-0.05, 0) is 59.0 Å². The highest BCUT2D eigenvalue weighted by atomic mass is 79.9. The summed E-state index contributed by atoms with van der Waals surface area (Å²) in [4.78, 5) is 0. The van der Waals surface area contributed by atoms with Crippen LogP contribution in [0.4, 0.5) is 0 Å². The third kappa shape index (κ3) is 4.09. The van der Waals surface area contributed by atoms with Gasteiger partial charge in [-0.3, -0.25) is 0 Å². The lowest BCUT2D eigenvalue weighted by molar-refractivity contribution is 0.412. The van der Waals surface area contributed by atoms with Crippen LogP contribution in [-0.4, -0.2) is 13.2 Å². The predicted molar refractivity (Wildman–Crippen MR) is 87.3 cm³/mol. The first-order valence-electron chi connectivity index (χ1n) is 6.72. The van der Waals surface area contributed by atoms with E-state index in [-0.39, 0.29) is 6.04 Å². The van der Waals surface area contributed by atoms with Gasteiger partial charge in [-0.1, -0.05) is 35.9 Å². The Hall–Kier alpha value is -1.32. The van der Waals surface area contributed by atoms with E-state index in [9.17, 15) is 0 Å². The quantitative estimate of drug-likeness (QED) is 0.901. The Labute approximate surface area is 129 Å². The van der Waals surface area contributed by atoms with Crippen molar-refractivity contribution >= 4 is 15.9 Å². The number of benzene rings is 2. The van der Waals surface area contributed by atoms with Gasteiger partial charge in [0.25, 0.3) is 0 Å². The van der Waals surface area contributed by atoms with Crippen molar-refractivity contribution in [1.82, 2.24) is 0 Å². The van der Waals surface area contributed by atoms with Gasteiger partial charge in [0.05, 0.1) is 11.6 Å². The molecule has 3 heteroatoms. The molecule has 0 spiro atoms. The molecule has 0 heterocycles. The minimum atomic E-state index is 0.122. The zero-order chi connectivity index (χ0) is 14.5. The number of methoxy groups -OCH3 is 1. The molecule has 2 aromatic rings. The minimum Gasteiger partial charge on any atom is -0.496 e. The third-order valence-electron chi connectivity index (χ3n) is 3.29. The smallest absolute Gasteiger partial charge is 0.133 e. The number of aryl methyl sites for hydroxylation is 1. The maximum atomic E-state index is 6.26. The molecule has 0 saturated carbocycles. The number of rotatable bonds is 5. The molecule has 0 aliphatic heterocycles. The van der Waals surface area contributed by atoms with E-state index in [0.717, 1.165) is 23.1 Å². The van der Waals surface area contributed by atoms with E-state index >= 15 is 0 Å².